The molecule has 0 spiro atoms. The van der Waals surface area contributed by atoms with E-state index >= 15 is 0 Å². The van der Waals surface area contributed by atoms with Crippen molar-refractivity contribution in [3.8, 4) is 0 Å². The molecule has 7 heteroatoms. The number of rotatable bonds is 4. The van der Waals surface area contributed by atoms with Gasteiger partial charge >= 0.3 is 5.97 Å². The maximum atomic E-state index is 11.7. The van der Waals surface area contributed by atoms with E-state index in [0.717, 1.165) is 4.88 Å². The molecule has 0 aromatic carbocycles. The Morgan fingerprint density at radius 2 is 2.32 bits per heavy atom. The summed E-state index contributed by atoms with van der Waals surface area (Å²) in [5.74, 6) is -0.0549. The molecular formula is C12H14N4O2S. The number of aryl methyl sites for hydroxylation is 1. The van der Waals surface area contributed by atoms with Crippen molar-refractivity contribution in [1.29, 1.82) is 0 Å². The number of nitrogen functional groups attached to an aromatic ring is 1. The normalized spacial score (nSPS) is 10.2. The highest BCUT2D eigenvalue weighted by Crippen LogP contribution is 2.26. The van der Waals surface area contributed by atoms with E-state index in [9.17, 15) is 4.79 Å². The maximum Gasteiger partial charge on any atom is 0.340 e. The number of ether oxygens (including phenoxy) is 1. The summed E-state index contributed by atoms with van der Waals surface area (Å²) in [5, 5.41) is 3.67. The van der Waals surface area contributed by atoms with E-state index in [1.807, 2.05) is 6.92 Å². The number of hydrogen-bond donors (Lipinski definition) is 2. The zero-order chi connectivity index (χ0) is 13.8. The summed E-state index contributed by atoms with van der Waals surface area (Å²) in [6.07, 6.45) is 3.25. The minimum Gasteiger partial charge on any atom is -0.462 e. The predicted octanol–water partition coefficient (Wildman–Crippen LogP) is 2.35. The van der Waals surface area contributed by atoms with Crippen molar-refractivity contribution in [2.75, 3.05) is 17.7 Å². The third-order valence-corrected chi connectivity index (χ3v) is 3.16. The molecule has 2 rings (SSSR count). The minimum absolute atomic E-state index is 0.258. The van der Waals surface area contributed by atoms with E-state index in [2.05, 4.69) is 15.3 Å². The fourth-order valence-electron chi connectivity index (χ4n) is 1.47. The van der Waals surface area contributed by atoms with E-state index in [1.165, 1.54) is 23.6 Å². The highest BCUT2D eigenvalue weighted by atomic mass is 32.1. The van der Waals surface area contributed by atoms with E-state index in [4.69, 9.17) is 10.5 Å². The van der Waals surface area contributed by atoms with Gasteiger partial charge in [-0.3, -0.25) is 0 Å². The van der Waals surface area contributed by atoms with Crippen LogP contribution in [0.5, 0.6) is 0 Å². The number of nitrogens with two attached hydrogens (primary N) is 1. The SMILES string of the molecule is CCOC(=O)c1ccnc(Nc2ncc(C)s2)c1N. The van der Waals surface area contributed by atoms with Crippen molar-refractivity contribution in [2.24, 2.45) is 0 Å². The number of hydrogen-bond acceptors (Lipinski definition) is 7. The molecule has 0 radical (unpaired) electrons. The zero-order valence-electron chi connectivity index (χ0n) is 10.6. The zero-order valence-corrected chi connectivity index (χ0v) is 11.5. The second-order valence-electron chi connectivity index (χ2n) is 3.74. The van der Waals surface area contributed by atoms with Gasteiger partial charge < -0.3 is 15.8 Å². The smallest absolute Gasteiger partial charge is 0.340 e. The Labute approximate surface area is 114 Å². The van der Waals surface area contributed by atoms with Crippen molar-refractivity contribution in [3.63, 3.8) is 0 Å². The summed E-state index contributed by atoms with van der Waals surface area (Å²) >= 11 is 1.48. The van der Waals surface area contributed by atoms with Gasteiger partial charge in [-0.2, -0.15) is 0 Å². The molecule has 0 atom stereocenters. The first-order chi connectivity index (χ1) is 9.11. The molecule has 0 saturated carbocycles. The second kappa shape index (κ2) is 5.66. The Bertz CT molecular complexity index is 597. The number of aromatic nitrogens is 2. The summed E-state index contributed by atoms with van der Waals surface area (Å²) < 4.78 is 4.93. The average Bonchev–Trinajstić information content (AvgIpc) is 2.78. The monoisotopic (exact) mass is 278 g/mol. The van der Waals surface area contributed by atoms with Crippen LogP contribution in [0.15, 0.2) is 18.5 Å². The quantitative estimate of drug-likeness (QED) is 0.834. The Balaban J connectivity index is 2.27. The molecule has 19 heavy (non-hydrogen) atoms. The number of anilines is 3. The van der Waals surface area contributed by atoms with E-state index in [-0.39, 0.29) is 5.69 Å². The van der Waals surface area contributed by atoms with Crippen LogP contribution < -0.4 is 11.1 Å². The summed E-state index contributed by atoms with van der Waals surface area (Å²) in [6, 6.07) is 1.53. The number of esters is 1. The Kier molecular flexibility index (Phi) is 3.96. The van der Waals surface area contributed by atoms with Crippen LogP contribution >= 0.6 is 11.3 Å². The van der Waals surface area contributed by atoms with E-state index < -0.39 is 5.97 Å². The van der Waals surface area contributed by atoms with Gasteiger partial charge in [0.2, 0.25) is 0 Å². The van der Waals surface area contributed by atoms with Crippen LogP contribution in [-0.2, 0) is 4.74 Å². The molecule has 0 bridgehead atoms. The summed E-state index contributed by atoms with van der Waals surface area (Å²) in [7, 11) is 0. The molecule has 0 aliphatic carbocycles. The van der Waals surface area contributed by atoms with Crippen LogP contribution in [0.25, 0.3) is 0 Å². The molecule has 2 heterocycles. The van der Waals surface area contributed by atoms with E-state index in [0.29, 0.717) is 23.1 Å². The minimum atomic E-state index is -0.458. The van der Waals surface area contributed by atoms with Gasteiger partial charge in [0.25, 0.3) is 0 Å². The number of nitrogens with one attached hydrogen (secondary N) is 1. The van der Waals surface area contributed by atoms with Gasteiger partial charge in [-0.05, 0) is 19.9 Å². The molecule has 2 aromatic rings. The van der Waals surface area contributed by atoms with Gasteiger partial charge in [0.05, 0.1) is 17.9 Å². The molecule has 0 unspecified atom stereocenters. The summed E-state index contributed by atoms with van der Waals surface area (Å²) in [4.78, 5) is 21.0. The van der Waals surface area contributed by atoms with Crippen LogP contribution in [0, 0.1) is 6.92 Å². The Hall–Kier alpha value is -2.15. The second-order valence-corrected chi connectivity index (χ2v) is 4.98. The first-order valence-corrected chi connectivity index (χ1v) is 6.54. The molecular weight excluding hydrogens is 264 g/mol. The van der Waals surface area contributed by atoms with Gasteiger partial charge in [0.1, 0.15) is 0 Å². The standard InChI is InChI=1S/C12H14N4O2S/c1-3-18-11(17)8-4-5-14-10(9(8)13)16-12-15-6-7(2)19-12/h4-6H,3,13H2,1-2H3,(H,14,15,16). The van der Waals surface area contributed by atoms with Crippen molar-refractivity contribution < 1.29 is 9.53 Å². The first kappa shape index (κ1) is 13.3. The van der Waals surface area contributed by atoms with Gasteiger partial charge in [0.15, 0.2) is 10.9 Å². The van der Waals surface area contributed by atoms with Crippen molar-refractivity contribution >= 4 is 33.9 Å². The molecule has 0 amide bonds. The third-order valence-electron chi connectivity index (χ3n) is 2.33. The number of carbonyl (C=O) groups is 1. The van der Waals surface area contributed by atoms with Gasteiger partial charge in [-0.15, -0.1) is 11.3 Å². The largest absolute Gasteiger partial charge is 0.462 e. The van der Waals surface area contributed by atoms with Crippen LogP contribution in [0.2, 0.25) is 0 Å². The molecule has 2 aromatic heterocycles. The van der Waals surface area contributed by atoms with Crippen LogP contribution in [-0.4, -0.2) is 22.5 Å². The van der Waals surface area contributed by atoms with Crippen molar-refractivity contribution in [3.05, 3.63) is 28.9 Å². The molecule has 0 aliphatic heterocycles. The highest BCUT2D eigenvalue weighted by Gasteiger charge is 2.15. The number of nitrogens with zero attached hydrogens (tertiary/aromatic N) is 2. The van der Waals surface area contributed by atoms with Crippen molar-refractivity contribution in [2.45, 2.75) is 13.8 Å². The third kappa shape index (κ3) is 3.00. The predicted molar refractivity (Wildman–Crippen MR) is 74.7 cm³/mol. The molecule has 3 N–H and O–H groups in total. The van der Waals surface area contributed by atoms with Crippen LogP contribution in [0.3, 0.4) is 0 Å². The average molecular weight is 278 g/mol. The Morgan fingerprint density at radius 3 is 2.95 bits per heavy atom. The molecule has 100 valence electrons. The first-order valence-electron chi connectivity index (χ1n) is 5.73. The lowest BCUT2D eigenvalue weighted by Crippen LogP contribution is -2.10. The van der Waals surface area contributed by atoms with Gasteiger partial charge in [-0.1, -0.05) is 0 Å². The molecule has 0 fully saturated rings. The summed E-state index contributed by atoms with van der Waals surface area (Å²) in [5.41, 5.74) is 6.48. The lowest BCUT2D eigenvalue weighted by molar-refractivity contribution is 0.0527. The van der Waals surface area contributed by atoms with Crippen LogP contribution in [0.4, 0.5) is 16.6 Å². The van der Waals surface area contributed by atoms with E-state index in [1.54, 1.807) is 13.1 Å². The summed E-state index contributed by atoms with van der Waals surface area (Å²) in [6.45, 7) is 4.00. The lowest BCUT2D eigenvalue weighted by Gasteiger charge is -2.09. The number of carbonyl (C=O) groups excluding carboxylic acids is 1. The molecule has 0 aliphatic rings. The number of thiazole rings is 1. The van der Waals surface area contributed by atoms with Gasteiger partial charge in [-0.25, -0.2) is 14.8 Å². The Morgan fingerprint density at radius 1 is 1.53 bits per heavy atom. The topological polar surface area (TPSA) is 90.1 Å². The molecule has 6 nitrogen and oxygen atoms in total. The fourth-order valence-corrected chi connectivity index (χ4v) is 2.14. The van der Waals surface area contributed by atoms with Crippen LogP contribution in [0.1, 0.15) is 22.2 Å². The number of pyridine rings is 1. The fraction of sp³-hybridized carbons (Fsp3) is 0.250. The highest BCUT2D eigenvalue weighted by molar-refractivity contribution is 7.15. The molecule has 0 saturated heterocycles. The van der Waals surface area contributed by atoms with Crippen molar-refractivity contribution in [1.82, 2.24) is 9.97 Å². The maximum absolute atomic E-state index is 11.7. The van der Waals surface area contributed by atoms with Gasteiger partial charge in [0, 0.05) is 17.3 Å². The lowest BCUT2D eigenvalue weighted by atomic mass is 10.2.